The minimum atomic E-state index is -1.89. The molecule has 436 valence electrons. The highest BCUT2D eigenvalue weighted by Crippen LogP contribution is 2.21. The number of aromatic amines is 1. The van der Waals surface area contributed by atoms with E-state index in [9.17, 15) is 72.5 Å². The summed E-state index contributed by atoms with van der Waals surface area (Å²) in [6.07, 6.45) is 4.36. The van der Waals surface area contributed by atoms with Gasteiger partial charge in [-0.25, -0.2) is 4.98 Å². The van der Waals surface area contributed by atoms with Crippen LogP contribution in [-0.4, -0.2) is 169 Å². The van der Waals surface area contributed by atoms with E-state index < -0.39 is 163 Å². The number of aromatic nitrogens is 2. The van der Waals surface area contributed by atoms with Crippen LogP contribution in [0.1, 0.15) is 89.3 Å². The molecular formula is C50H70N14O15S. The first-order chi connectivity index (χ1) is 37.8. The Bertz CT molecular complexity index is 2580. The summed E-state index contributed by atoms with van der Waals surface area (Å²) in [6.45, 7) is 3.59. The Morgan fingerprint density at radius 1 is 0.688 bits per heavy atom. The predicted molar refractivity (Wildman–Crippen MR) is 285 cm³/mol. The number of nitrogens with one attached hydrogen (secondary N) is 8. The van der Waals surface area contributed by atoms with Crippen LogP contribution >= 0.6 is 11.8 Å². The molecule has 1 aliphatic rings. The highest BCUT2D eigenvalue weighted by molar-refractivity contribution is 8.03. The molecule has 1 fully saturated rings. The second-order valence-electron chi connectivity index (χ2n) is 19.2. The number of amides is 11. The summed E-state index contributed by atoms with van der Waals surface area (Å²) in [6, 6.07) is -5.31. The molecule has 0 unspecified atom stereocenters. The van der Waals surface area contributed by atoms with Gasteiger partial charge in [0.25, 0.3) is 0 Å². The monoisotopic (exact) mass is 1140 g/mol. The number of aliphatic carboxylic acids is 2. The normalized spacial score (nSPS) is 15.8. The van der Waals surface area contributed by atoms with E-state index in [1.54, 1.807) is 30.3 Å². The number of carboxylic acids is 2. The molecule has 1 saturated heterocycles. The third-order valence-electron chi connectivity index (χ3n) is 12.3. The number of rotatable bonds is 35. The van der Waals surface area contributed by atoms with Crippen LogP contribution in [0.4, 0.5) is 0 Å². The Hall–Kier alpha value is -8.59. The molecule has 2 heterocycles. The second-order valence-corrected chi connectivity index (χ2v) is 20.1. The topological polar surface area (TPSA) is 483 Å². The largest absolute Gasteiger partial charge is 0.481 e. The molecule has 1 aliphatic heterocycles. The maximum absolute atomic E-state index is 14.5. The van der Waals surface area contributed by atoms with E-state index in [-0.39, 0.29) is 63.2 Å². The molecule has 0 radical (unpaired) electrons. The summed E-state index contributed by atoms with van der Waals surface area (Å²) in [7, 11) is 0. The molecule has 1 aromatic carbocycles. The standard InChI is InChI=1S/C50H70N14O15S/c1-4-80-24-36(63-46(75)31(13-16-39(53)66)58-44(73)30(12-15-38(52)65)57-43(72)29(51)19-26(2)3)50(79)64-18-8-11-37(64)49(78)62-34(20-27-9-6-5-7-10-27)47(76)59-32(14-17-40(67)68)45(74)61-35(22-41(69)70)48(77)60-33(42(54)71)21-28-23-55-25-56-28/h1,5-7,9-10,23,25-26,29-37H,8,11-22,24,51H2,2-3H3,(H2,52,65)(H2,53,66)(H2,54,71)(H,55,56)(H,57,72)(H,58,73)(H,59,76)(H,60,77)(H,61,74)(H,62,78)(H,63,75)(H,67,68)(H,69,70)/t29-,30-,31-,32-,33-,34-,35-,36-,37-/m0/s1. The van der Waals surface area contributed by atoms with E-state index in [2.05, 4.69) is 52.4 Å². The molecular weight excluding hydrogens is 1070 g/mol. The number of thioether (sulfide) groups is 1. The SMILES string of the molecule is C#CSC[C@H](NC(=O)[C@H](CCC(N)=O)NC(=O)[C@H](CCC(N)=O)NC(=O)[C@@H](N)CC(C)C)C(=O)N1CCC[C@H]1C(=O)N[C@@H](Cc1ccccc1)C(=O)N[C@@H](CCC(=O)O)C(=O)N[C@@H](CC(=O)O)C(=O)N[C@@H](Cc1cnc[nH]1)C(N)=O. The van der Waals surface area contributed by atoms with E-state index in [0.717, 1.165) is 16.7 Å². The van der Waals surface area contributed by atoms with Crippen molar-refractivity contribution in [2.24, 2.45) is 28.9 Å². The van der Waals surface area contributed by atoms with Crippen LogP contribution in [0.15, 0.2) is 42.9 Å². The number of nitrogens with two attached hydrogens (primary N) is 4. The molecule has 0 bridgehead atoms. The fourth-order valence-corrected chi connectivity index (χ4v) is 8.75. The van der Waals surface area contributed by atoms with Gasteiger partial charge in [0, 0.05) is 56.3 Å². The lowest BCUT2D eigenvalue weighted by molar-refractivity contribution is -0.142. The van der Waals surface area contributed by atoms with E-state index >= 15 is 0 Å². The highest BCUT2D eigenvalue weighted by Gasteiger charge is 2.41. The van der Waals surface area contributed by atoms with Gasteiger partial charge in [-0.05, 0) is 55.3 Å². The van der Waals surface area contributed by atoms with Gasteiger partial charge in [0.2, 0.25) is 65.0 Å². The number of primary amides is 3. The third kappa shape index (κ3) is 22.8. The van der Waals surface area contributed by atoms with Gasteiger partial charge in [0.15, 0.2) is 0 Å². The first kappa shape index (κ1) is 65.7. The molecule has 0 aliphatic carbocycles. The Balaban J connectivity index is 1.91. The van der Waals surface area contributed by atoms with Crippen LogP contribution in [0.2, 0.25) is 0 Å². The molecule has 80 heavy (non-hydrogen) atoms. The second kappa shape index (κ2) is 33.0. The molecule has 3 rings (SSSR count). The van der Waals surface area contributed by atoms with E-state index in [4.69, 9.17) is 29.4 Å². The molecule has 1 aromatic heterocycles. The van der Waals surface area contributed by atoms with Crippen molar-refractivity contribution in [2.45, 2.75) is 145 Å². The van der Waals surface area contributed by atoms with Crippen molar-refractivity contribution in [3.63, 3.8) is 0 Å². The molecule has 18 N–H and O–H groups in total. The van der Waals surface area contributed by atoms with Crippen molar-refractivity contribution in [2.75, 3.05) is 12.3 Å². The molecule has 9 atom stereocenters. The summed E-state index contributed by atoms with van der Waals surface area (Å²) in [5.74, 6) is -13.8. The van der Waals surface area contributed by atoms with Crippen molar-refractivity contribution in [1.82, 2.24) is 52.1 Å². The lowest BCUT2D eigenvalue weighted by atomic mass is 10.0. The molecule has 29 nitrogen and oxygen atoms in total. The average molecular weight is 1140 g/mol. The van der Waals surface area contributed by atoms with Crippen molar-refractivity contribution in [3.8, 4) is 11.7 Å². The smallest absolute Gasteiger partial charge is 0.305 e. The van der Waals surface area contributed by atoms with Crippen LogP contribution in [0.25, 0.3) is 0 Å². The van der Waals surface area contributed by atoms with E-state index in [0.29, 0.717) is 11.3 Å². The number of H-pyrrole nitrogens is 1. The third-order valence-corrected chi connectivity index (χ3v) is 13.0. The van der Waals surface area contributed by atoms with Crippen LogP contribution in [0.5, 0.6) is 0 Å². The van der Waals surface area contributed by atoms with Crippen molar-refractivity contribution in [3.05, 3.63) is 54.1 Å². The van der Waals surface area contributed by atoms with Gasteiger partial charge in [-0.15, -0.1) is 6.42 Å². The fourth-order valence-electron chi connectivity index (χ4n) is 8.26. The minimum Gasteiger partial charge on any atom is -0.481 e. The zero-order valence-electron chi connectivity index (χ0n) is 44.1. The quantitative estimate of drug-likeness (QED) is 0.0290. The van der Waals surface area contributed by atoms with Crippen LogP contribution in [-0.2, 0) is 75.2 Å². The number of hydrogen-bond donors (Lipinski definition) is 14. The van der Waals surface area contributed by atoms with Gasteiger partial charge in [0.1, 0.15) is 48.3 Å². The number of imidazole rings is 1. The summed E-state index contributed by atoms with van der Waals surface area (Å²) >= 11 is 0.773. The highest BCUT2D eigenvalue weighted by atomic mass is 32.2. The van der Waals surface area contributed by atoms with Gasteiger partial charge in [-0.2, -0.15) is 0 Å². The number of terminal acetylenes is 1. The molecule has 30 heteroatoms. The molecule has 2 aromatic rings. The van der Waals surface area contributed by atoms with E-state index in [1.807, 2.05) is 13.8 Å². The number of carbonyl (C=O) groups excluding carboxylic acids is 11. The average Bonchev–Trinajstić information content (AvgIpc) is 4.11. The van der Waals surface area contributed by atoms with Gasteiger partial charge >= 0.3 is 11.9 Å². The lowest BCUT2D eigenvalue weighted by Crippen LogP contribution is -2.61. The molecule has 11 amide bonds. The van der Waals surface area contributed by atoms with Crippen molar-refractivity contribution in [1.29, 1.82) is 0 Å². The number of carbonyl (C=O) groups is 13. The number of hydrogen-bond acceptors (Lipinski definition) is 16. The number of nitrogens with zero attached hydrogens (tertiary/aromatic N) is 2. The maximum atomic E-state index is 14.5. The Morgan fingerprint density at radius 2 is 1.20 bits per heavy atom. The van der Waals surface area contributed by atoms with Crippen LogP contribution in [0, 0.1) is 17.6 Å². The zero-order valence-corrected chi connectivity index (χ0v) is 44.9. The Morgan fingerprint density at radius 3 is 1.70 bits per heavy atom. The fraction of sp³-hybridized carbons (Fsp3) is 0.520. The van der Waals surface area contributed by atoms with E-state index in [1.165, 1.54) is 12.5 Å². The van der Waals surface area contributed by atoms with Crippen molar-refractivity contribution < 1.29 is 72.5 Å². The first-order valence-corrected chi connectivity index (χ1v) is 26.3. The van der Waals surface area contributed by atoms with Gasteiger partial charge < -0.3 is 80.2 Å². The number of carboxylic acid groups (broad SMARTS) is 2. The lowest BCUT2D eigenvalue weighted by Gasteiger charge is -2.31. The summed E-state index contributed by atoms with van der Waals surface area (Å²) < 4.78 is 0. The predicted octanol–water partition coefficient (Wildman–Crippen LogP) is -4.37. The molecule has 0 spiro atoms. The van der Waals surface area contributed by atoms with Gasteiger partial charge in [0.05, 0.1) is 18.8 Å². The number of benzene rings is 1. The summed E-state index contributed by atoms with van der Waals surface area (Å²) in [5, 5.41) is 38.5. The first-order valence-electron chi connectivity index (χ1n) is 25.4. The van der Waals surface area contributed by atoms with Crippen LogP contribution < -0.4 is 60.2 Å². The van der Waals surface area contributed by atoms with Crippen molar-refractivity contribution >= 4 is 88.7 Å². The summed E-state index contributed by atoms with van der Waals surface area (Å²) in [5.41, 5.74) is 23.1. The Labute approximate surface area is 464 Å². The maximum Gasteiger partial charge on any atom is 0.305 e. The van der Waals surface area contributed by atoms with Gasteiger partial charge in [-0.3, -0.25) is 62.3 Å². The zero-order chi connectivity index (χ0) is 59.6. The molecule has 0 saturated carbocycles. The van der Waals surface area contributed by atoms with Crippen LogP contribution in [0.3, 0.4) is 0 Å². The Kier molecular flexibility index (Phi) is 27.1. The number of likely N-dealkylation sites (tertiary alicyclic amines) is 1. The van der Waals surface area contributed by atoms with Gasteiger partial charge in [-0.1, -0.05) is 55.9 Å². The summed E-state index contributed by atoms with van der Waals surface area (Å²) in [4.78, 5) is 179. The minimum absolute atomic E-state index is 0.00312.